The molecule has 146 valence electrons. The van der Waals surface area contributed by atoms with E-state index in [4.69, 9.17) is 8.83 Å². The van der Waals surface area contributed by atoms with Gasteiger partial charge >= 0.3 is 0 Å². The monoisotopic (exact) mass is 378 g/mol. The molecule has 3 heterocycles. The smallest absolute Gasteiger partial charge is 0.220 e. The number of hydrogen-bond acceptors (Lipinski definition) is 4. The predicted octanol–water partition coefficient (Wildman–Crippen LogP) is 4.43. The van der Waals surface area contributed by atoms with Crippen molar-refractivity contribution in [3.8, 4) is 11.3 Å². The number of amides is 1. The highest BCUT2D eigenvalue weighted by Crippen LogP contribution is 2.25. The summed E-state index contributed by atoms with van der Waals surface area (Å²) >= 11 is 0. The molecule has 1 aliphatic heterocycles. The van der Waals surface area contributed by atoms with E-state index in [0.717, 1.165) is 35.9 Å². The summed E-state index contributed by atoms with van der Waals surface area (Å²) in [6, 6.07) is 17.9. The molecule has 3 aromatic rings. The van der Waals surface area contributed by atoms with Crippen LogP contribution in [0.2, 0.25) is 0 Å². The minimum absolute atomic E-state index is 0.0356. The Labute approximate surface area is 165 Å². The van der Waals surface area contributed by atoms with Crippen LogP contribution in [0.3, 0.4) is 0 Å². The highest BCUT2D eigenvalue weighted by molar-refractivity contribution is 5.76. The summed E-state index contributed by atoms with van der Waals surface area (Å²) < 4.78 is 11.5. The lowest BCUT2D eigenvalue weighted by Gasteiger charge is -2.26. The van der Waals surface area contributed by atoms with Crippen LogP contribution in [0.15, 0.2) is 69.7 Å². The van der Waals surface area contributed by atoms with Gasteiger partial charge in [-0.1, -0.05) is 30.3 Å². The summed E-state index contributed by atoms with van der Waals surface area (Å²) in [4.78, 5) is 14.8. The third-order valence-electron chi connectivity index (χ3n) is 5.26. The first kappa shape index (κ1) is 18.6. The van der Waals surface area contributed by atoms with Crippen LogP contribution in [-0.2, 0) is 11.2 Å². The number of likely N-dealkylation sites (tertiary alicyclic amines) is 1. The Balaban J connectivity index is 1.29. The molecule has 0 radical (unpaired) electrons. The summed E-state index contributed by atoms with van der Waals surface area (Å²) in [7, 11) is 0. The van der Waals surface area contributed by atoms with E-state index in [0.29, 0.717) is 19.4 Å². The van der Waals surface area contributed by atoms with Gasteiger partial charge in [0.15, 0.2) is 0 Å². The minimum atomic E-state index is 0.0356. The van der Waals surface area contributed by atoms with Gasteiger partial charge in [0.1, 0.15) is 17.3 Å². The number of carbonyl (C=O) groups excluding carboxylic acids is 1. The SMILES string of the molecule is O=C(CCc1ccc(-c2ccccc2)o1)NCC(c1ccco1)N1CCCC1. The quantitative estimate of drug-likeness (QED) is 0.630. The fourth-order valence-electron chi connectivity index (χ4n) is 3.75. The zero-order valence-electron chi connectivity index (χ0n) is 16.0. The number of nitrogens with zero attached hydrogens (tertiary/aromatic N) is 1. The lowest BCUT2D eigenvalue weighted by molar-refractivity contribution is -0.121. The molecule has 1 aromatic carbocycles. The fraction of sp³-hybridized carbons (Fsp3) is 0.348. The maximum atomic E-state index is 12.4. The van der Waals surface area contributed by atoms with Crippen LogP contribution in [0, 0.1) is 0 Å². The third-order valence-corrected chi connectivity index (χ3v) is 5.26. The molecule has 5 heteroatoms. The van der Waals surface area contributed by atoms with Gasteiger partial charge in [-0.25, -0.2) is 0 Å². The molecule has 1 aliphatic rings. The van der Waals surface area contributed by atoms with E-state index in [9.17, 15) is 4.79 Å². The standard InChI is InChI=1S/C23H26N2O3/c26-23(13-11-19-10-12-21(28-19)18-7-2-1-3-8-18)24-17-20(22-9-6-16-27-22)25-14-4-5-15-25/h1-3,6-10,12,16,20H,4-5,11,13-15,17H2,(H,24,26). The molecule has 28 heavy (non-hydrogen) atoms. The van der Waals surface area contributed by atoms with Crippen molar-refractivity contribution < 1.29 is 13.6 Å². The Hall–Kier alpha value is -2.79. The summed E-state index contributed by atoms with van der Waals surface area (Å²) in [5.41, 5.74) is 1.05. The molecule has 0 aliphatic carbocycles. The van der Waals surface area contributed by atoms with Gasteiger partial charge in [0.2, 0.25) is 5.91 Å². The van der Waals surface area contributed by atoms with E-state index >= 15 is 0 Å². The maximum absolute atomic E-state index is 12.4. The van der Waals surface area contributed by atoms with Crippen molar-refractivity contribution in [2.45, 2.75) is 31.7 Å². The van der Waals surface area contributed by atoms with E-state index < -0.39 is 0 Å². The van der Waals surface area contributed by atoms with Crippen molar-refractivity contribution in [1.82, 2.24) is 10.2 Å². The molecule has 1 N–H and O–H groups in total. The van der Waals surface area contributed by atoms with Crippen molar-refractivity contribution in [2.75, 3.05) is 19.6 Å². The van der Waals surface area contributed by atoms with Crippen LogP contribution < -0.4 is 5.32 Å². The predicted molar refractivity (Wildman–Crippen MR) is 108 cm³/mol. The largest absolute Gasteiger partial charge is 0.468 e. The summed E-state index contributed by atoms with van der Waals surface area (Å²) in [6.45, 7) is 2.67. The lowest BCUT2D eigenvalue weighted by Crippen LogP contribution is -2.36. The van der Waals surface area contributed by atoms with Gasteiger partial charge in [-0.3, -0.25) is 9.69 Å². The van der Waals surface area contributed by atoms with E-state index in [1.165, 1.54) is 12.8 Å². The first-order chi connectivity index (χ1) is 13.8. The van der Waals surface area contributed by atoms with Gasteiger partial charge in [-0.2, -0.15) is 0 Å². The topological polar surface area (TPSA) is 58.6 Å². The number of aryl methyl sites for hydroxylation is 1. The van der Waals surface area contributed by atoms with Gasteiger partial charge in [-0.15, -0.1) is 0 Å². The van der Waals surface area contributed by atoms with Crippen LogP contribution >= 0.6 is 0 Å². The molecule has 5 nitrogen and oxygen atoms in total. The second-order valence-electron chi connectivity index (χ2n) is 7.21. The Morgan fingerprint density at radius 3 is 2.61 bits per heavy atom. The molecule has 0 saturated carbocycles. The van der Waals surface area contributed by atoms with Gasteiger partial charge in [0.05, 0.1) is 12.3 Å². The zero-order valence-corrected chi connectivity index (χ0v) is 16.0. The zero-order chi connectivity index (χ0) is 19.2. The number of carbonyl (C=O) groups is 1. The average molecular weight is 378 g/mol. The normalized spacial score (nSPS) is 15.6. The van der Waals surface area contributed by atoms with E-state index in [-0.39, 0.29) is 11.9 Å². The van der Waals surface area contributed by atoms with Crippen LogP contribution in [0.1, 0.15) is 36.8 Å². The number of hydrogen-bond donors (Lipinski definition) is 1. The van der Waals surface area contributed by atoms with Crippen LogP contribution in [0.25, 0.3) is 11.3 Å². The number of furan rings is 2. The van der Waals surface area contributed by atoms with Gasteiger partial charge in [-0.05, 0) is 50.2 Å². The Morgan fingerprint density at radius 1 is 1.04 bits per heavy atom. The number of nitrogens with one attached hydrogen (secondary N) is 1. The van der Waals surface area contributed by atoms with Crippen LogP contribution in [0.4, 0.5) is 0 Å². The van der Waals surface area contributed by atoms with E-state index in [1.807, 2.05) is 54.6 Å². The molecule has 0 bridgehead atoms. The molecule has 1 atom stereocenters. The molecular formula is C23H26N2O3. The molecule has 1 saturated heterocycles. The van der Waals surface area contributed by atoms with Crippen molar-refractivity contribution in [1.29, 1.82) is 0 Å². The van der Waals surface area contributed by atoms with Crippen LogP contribution in [0.5, 0.6) is 0 Å². The molecular weight excluding hydrogens is 352 g/mol. The van der Waals surface area contributed by atoms with Crippen molar-refractivity contribution in [3.05, 3.63) is 72.4 Å². The first-order valence-electron chi connectivity index (χ1n) is 9.98. The van der Waals surface area contributed by atoms with Gasteiger partial charge in [0, 0.05) is 24.9 Å². The maximum Gasteiger partial charge on any atom is 0.220 e. The van der Waals surface area contributed by atoms with Crippen LogP contribution in [-0.4, -0.2) is 30.4 Å². The van der Waals surface area contributed by atoms with E-state index in [2.05, 4.69) is 10.2 Å². The highest BCUT2D eigenvalue weighted by atomic mass is 16.3. The molecule has 1 fully saturated rings. The minimum Gasteiger partial charge on any atom is -0.468 e. The Bertz CT molecular complexity index is 864. The highest BCUT2D eigenvalue weighted by Gasteiger charge is 2.25. The molecule has 2 aromatic heterocycles. The van der Waals surface area contributed by atoms with Gasteiger partial charge < -0.3 is 14.2 Å². The lowest BCUT2D eigenvalue weighted by atomic mass is 10.2. The summed E-state index contributed by atoms with van der Waals surface area (Å²) in [5.74, 6) is 2.62. The molecule has 1 amide bonds. The third kappa shape index (κ3) is 4.54. The summed E-state index contributed by atoms with van der Waals surface area (Å²) in [5, 5.41) is 3.07. The molecule has 4 rings (SSSR count). The van der Waals surface area contributed by atoms with Crippen molar-refractivity contribution in [3.63, 3.8) is 0 Å². The molecule has 0 spiro atoms. The van der Waals surface area contributed by atoms with E-state index in [1.54, 1.807) is 6.26 Å². The van der Waals surface area contributed by atoms with Gasteiger partial charge in [0.25, 0.3) is 0 Å². The van der Waals surface area contributed by atoms with Crippen molar-refractivity contribution >= 4 is 5.91 Å². The number of benzene rings is 1. The fourth-order valence-corrected chi connectivity index (χ4v) is 3.75. The number of rotatable bonds is 8. The Kier molecular flexibility index (Phi) is 5.92. The molecule has 1 unspecified atom stereocenters. The van der Waals surface area contributed by atoms with Crippen molar-refractivity contribution in [2.24, 2.45) is 0 Å². The Morgan fingerprint density at radius 2 is 1.86 bits per heavy atom. The first-order valence-corrected chi connectivity index (χ1v) is 9.98. The second-order valence-corrected chi connectivity index (χ2v) is 7.21. The average Bonchev–Trinajstić information content (AvgIpc) is 3.50. The second kappa shape index (κ2) is 8.93. The summed E-state index contributed by atoms with van der Waals surface area (Å²) in [6.07, 6.45) is 5.10.